The van der Waals surface area contributed by atoms with Crippen LogP contribution in [0.15, 0.2) is 0 Å². The molecule has 20 heavy (non-hydrogen) atoms. The molecular formula is C12H22N4O3S. The number of nitrogens with two attached hydrogens (primary N) is 1. The van der Waals surface area contributed by atoms with Gasteiger partial charge in [0.2, 0.25) is 0 Å². The van der Waals surface area contributed by atoms with Gasteiger partial charge in [0, 0.05) is 20.8 Å². The molecule has 1 aromatic heterocycles. The highest BCUT2D eigenvalue weighted by molar-refractivity contribution is 7.18. The maximum Gasteiger partial charge on any atom is 0.265 e. The lowest BCUT2D eigenvalue weighted by Gasteiger charge is -2.24. The van der Waals surface area contributed by atoms with E-state index in [4.69, 9.17) is 15.2 Å². The van der Waals surface area contributed by atoms with E-state index < -0.39 is 5.54 Å². The second kappa shape index (κ2) is 7.41. The van der Waals surface area contributed by atoms with Gasteiger partial charge in [0.15, 0.2) is 5.13 Å². The van der Waals surface area contributed by atoms with Crippen LogP contribution in [0.5, 0.6) is 0 Å². The first-order valence-corrected chi connectivity index (χ1v) is 7.02. The van der Waals surface area contributed by atoms with E-state index in [1.165, 1.54) is 11.3 Å². The number of thiazole rings is 1. The molecule has 7 nitrogen and oxygen atoms in total. The fourth-order valence-electron chi connectivity index (χ4n) is 1.59. The molecular weight excluding hydrogens is 280 g/mol. The summed E-state index contributed by atoms with van der Waals surface area (Å²) >= 11 is 1.22. The Bertz CT molecular complexity index is 448. The van der Waals surface area contributed by atoms with Gasteiger partial charge in [-0.15, -0.1) is 0 Å². The number of nitrogen functional groups attached to an aromatic ring is 1. The molecule has 0 bridgehead atoms. The van der Waals surface area contributed by atoms with Gasteiger partial charge in [-0.05, 0) is 13.8 Å². The van der Waals surface area contributed by atoms with Gasteiger partial charge in [-0.1, -0.05) is 11.3 Å². The lowest BCUT2D eigenvalue weighted by Crippen LogP contribution is -2.46. The fraction of sp³-hybridized carbons (Fsp3) is 0.667. The van der Waals surface area contributed by atoms with Crippen LogP contribution in [0, 0.1) is 0 Å². The molecule has 1 amide bonds. The highest BCUT2D eigenvalue weighted by Gasteiger charge is 2.24. The lowest BCUT2D eigenvalue weighted by atomic mass is 10.1. The molecule has 0 atom stereocenters. The zero-order valence-electron chi connectivity index (χ0n) is 12.3. The smallest absolute Gasteiger partial charge is 0.265 e. The zero-order chi connectivity index (χ0) is 15.2. The van der Waals surface area contributed by atoms with Gasteiger partial charge in [-0.25, -0.2) is 4.98 Å². The molecule has 0 spiro atoms. The van der Waals surface area contributed by atoms with Crippen LogP contribution in [-0.4, -0.2) is 50.4 Å². The van der Waals surface area contributed by atoms with E-state index in [0.717, 1.165) is 0 Å². The Kier molecular flexibility index (Phi) is 6.18. The second-order valence-electron chi connectivity index (χ2n) is 4.92. The molecule has 114 valence electrons. The van der Waals surface area contributed by atoms with Crippen molar-refractivity contribution in [2.24, 2.45) is 0 Å². The molecule has 1 heterocycles. The molecule has 0 aromatic carbocycles. The van der Waals surface area contributed by atoms with E-state index in [0.29, 0.717) is 29.8 Å². The molecule has 0 saturated heterocycles. The minimum Gasteiger partial charge on any atom is -0.383 e. The van der Waals surface area contributed by atoms with Gasteiger partial charge < -0.3 is 25.8 Å². The Labute approximate surface area is 122 Å². The quantitative estimate of drug-likeness (QED) is 0.618. The maximum atomic E-state index is 12.2. The SMILES string of the molecule is COCCNc1nc(N)c(C(=O)NC(C)(C)COC)s1. The Morgan fingerprint density at radius 1 is 1.40 bits per heavy atom. The molecule has 0 unspecified atom stereocenters. The molecule has 0 aliphatic carbocycles. The standard InChI is InChI=1S/C12H22N4O3S/c1-12(2,7-19-4)16-10(17)8-9(13)15-11(20-8)14-5-6-18-3/h5-7,13H2,1-4H3,(H,14,15)(H,16,17). The van der Waals surface area contributed by atoms with Crippen LogP contribution in [0.2, 0.25) is 0 Å². The third-order valence-electron chi connectivity index (χ3n) is 2.40. The number of anilines is 2. The predicted octanol–water partition coefficient (Wildman–Crippen LogP) is 0.938. The number of nitrogens with zero attached hydrogens (tertiary/aromatic N) is 1. The molecule has 0 saturated carbocycles. The molecule has 4 N–H and O–H groups in total. The third kappa shape index (κ3) is 4.95. The van der Waals surface area contributed by atoms with E-state index in [1.807, 2.05) is 13.8 Å². The first kappa shape index (κ1) is 16.7. The van der Waals surface area contributed by atoms with Gasteiger partial charge in [0.1, 0.15) is 10.7 Å². The summed E-state index contributed by atoms with van der Waals surface area (Å²) in [5.74, 6) is -0.0255. The minimum absolute atomic E-state index is 0.223. The van der Waals surface area contributed by atoms with E-state index in [2.05, 4.69) is 15.6 Å². The van der Waals surface area contributed by atoms with Gasteiger partial charge in [-0.2, -0.15) is 0 Å². The zero-order valence-corrected chi connectivity index (χ0v) is 13.1. The van der Waals surface area contributed by atoms with Crippen molar-refractivity contribution in [1.82, 2.24) is 10.3 Å². The summed E-state index contributed by atoms with van der Waals surface area (Å²) in [7, 11) is 3.21. The number of ether oxygens (including phenoxy) is 2. The number of aromatic nitrogens is 1. The fourth-order valence-corrected chi connectivity index (χ4v) is 2.40. The molecule has 0 fully saturated rings. The molecule has 1 rings (SSSR count). The van der Waals surface area contributed by atoms with E-state index in [1.54, 1.807) is 14.2 Å². The summed E-state index contributed by atoms with van der Waals surface area (Å²) in [5.41, 5.74) is 5.31. The lowest BCUT2D eigenvalue weighted by molar-refractivity contribution is 0.0824. The number of carbonyl (C=O) groups excluding carboxylic acids is 1. The Morgan fingerprint density at radius 2 is 2.10 bits per heavy atom. The van der Waals surface area contributed by atoms with Crippen molar-refractivity contribution in [3.05, 3.63) is 4.88 Å². The average molecular weight is 302 g/mol. The van der Waals surface area contributed by atoms with Crippen LogP contribution in [-0.2, 0) is 9.47 Å². The average Bonchev–Trinajstić information content (AvgIpc) is 2.70. The number of hydrogen-bond acceptors (Lipinski definition) is 7. The number of amides is 1. The van der Waals surface area contributed by atoms with Crippen LogP contribution in [0.25, 0.3) is 0 Å². The van der Waals surface area contributed by atoms with Gasteiger partial charge >= 0.3 is 0 Å². The Hall–Kier alpha value is -1.38. The Balaban J connectivity index is 2.68. The van der Waals surface area contributed by atoms with Crippen molar-refractivity contribution in [3.8, 4) is 0 Å². The summed E-state index contributed by atoms with van der Waals surface area (Å²) in [6, 6.07) is 0. The van der Waals surface area contributed by atoms with Crippen molar-refractivity contribution in [2.45, 2.75) is 19.4 Å². The maximum absolute atomic E-state index is 12.2. The monoisotopic (exact) mass is 302 g/mol. The molecule has 8 heteroatoms. The summed E-state index contributed by atoms with van der Waals surface area (Å²) in [6.45, 7) is 5.34. The normalized spacial score (nSPS) is 11.4. The van der Waals surface area contributed by atoms with Crippen molar-refractivity contribution in [2.75, 3.05) is 45.0 Å². The van der Waals surface area contributed by atoms with Gasteiger partial charge in [0.05, 0.1) is 18.8 Å². The van der Waals surface area contributed by atoms with E-state index >= 15 is 0 Å². The summed E-state index contributed by atoms with van der Waals surface area (Å²) in [5, 5.41) is 6.52. The third-order valence-corrected chi connectivity index (χ3v) is 3.43. The van der Waals surface area contributed by atoms with Gasteiger partial charge in [0.25, 0.3) is 5.91 Å². The second-order valence-corrected chi connectivity index (χ2v) is 5.92. The van der Waals surface area contributed by atoms with Crippen molar-refractivity contribution in [1.29, 1.82) is 0 Å². The number of hydrogen-bond donors (Lipinski definition) is 3. The van der Waals surface area contributed by atoms with Crippen LogP contribution in [0.3, 0.4) is 0 Å². The molecule has 1 aromatic rings. The van der Waals surface area contributed by atoms with Crippen molar-refractivity contribution < 1.29 is 14.3 Å². The van der Waals surface area contributed by atoms with E-state index in [-0.39, 0.29) is 11.7 Å². The summed E-state index contributed by atoms with van der Waals surface area (Å²) in [4.78, 5) is 16.7. The topological polar surface area (TPSA) is 98.5 Å². The first-order chi connectivity index (χ1) is 9.39. The van der Waals surface area contributed by atoms with Crippen LogP contribution >= 0.6 is 11.3 Å². The predicted molar refractivity (Wildman–Crippen MR) is 80.3 cm³/mol. The Morgan fingerprint density at radius 3 is 2.70 bits per heavy atom. The van der Waals surface area contributed by atoms with Crippen LogP contribution < -0.4 is 16.4 Å². The largest absolute Gasteiger partial charge is 0.383 e. The van der Waals surface area contributed by atoms with Crippen molar-refractivity contribution in [3.63, 3.8) is 0 Å². The van der Waals surface area contributed by atoms with Crippen LogP contribution in [0.4, 0.5) is 10.9 Å². The number of nitrogens with one attached hydrogen (secondary N) is 2. The van der Waals surface area contributed by atoms with Crippen molar-refractivity contribution >= 4 is 28.2 Å². The highest BCUT2D eigenvalue weighted by Crippen LogP contribution is 2.25. The van der Waals surface area contributed by atoms with Crippen LogP contribution in [0.1, 0.15) is 23.5 Å². The first-order valence-electron chi connectivity index (χ1n) is 6.20. The highest BCUT2D eigenvalue weighted by atomic mass is 32.1. The number of methoxy groups -OCH3 is 2. The minimum atomic E-state index is -0.466. The molecule has 0 radical (unpaired) electrons. The molecule has 0 aliphatic heterocycles. The number of rotatable bonds is 8. The van der Waals surface area contributed by atoms with Gasteiger partial charge in [-0.3, -0.25) is 4.79 Å². The summed E-state index contributed by atoms with van der Waals surface area (Å²) in [6.07, 6.45) is 0. The molecule has 0 aliphatic rings. The van der Waals surface area contributed by atoms with E-state index in [9.17, 15) is 4.79 Å². The summed E-state index contributed by atoms with van der Waals surface area (Å²) < 4.78 is 9.99. The number of carbonyl (C=O) groups is 1.